The number of hydrogen-bond acceptors (Lipinski definition) is 5. The van der Waals surface area contributed by atoms with E-state index in [0.717, 1.165) is 11.1 Å². The minimum Gasteiger partial charge on any atom is -0.367 e. The van der Waals surface area contributed by atoms with Crippen LogP contribution in [0.5, 0.6) is 0 Å². The first-order valence-corrected chi connectivity index (χ1v) is 6.38. The minimum absolute atomic E-state index is 0.278. The van der Waals surface area contributed by atoms with E-state index >= 15 is 0 Å². The Kier molecular flexibility index (Phi) is 2.98. The van der Waals surface area contributed by atoms with Gasteiger partial charge in [0.25, 0.3) is 0 Å². The van der Waals surface area contributed by atoms with E-state index in [1.165, 1.54) is 5.56 Å². The summed E-state index contributed by atoms with van der Waals surface area (Å²) >= 11 is 0. The number of hydrogen-bond donors (Lipinski definition) is 2. The molecular weight excluding hydrogens is 254 g/mol. The Balaban J connectivity index is 2.08. The van der Waals surface area contributed by atoms with Crippen LogP contribution in [0.1, 0.15) is 25.3 Å². The fraction of sp³-hybridized carbons (Fsp3) is 0.214. The lowest BCUT2D eigenvalue weighted by atomic mass is 9.98. The van der Waals surface area contributed by atoms with Crippen LogP contribution in [0.4, 0.5) is 5.88 Å². The Morgan fingerprint density at radius 3 is 2.55 bits per heavy atom. The molecule has 0 aliphatic heterocycles. The molecule has 0 atom stereocenters. The maximum Gasteiger partial charge on any atom is 0.230 e. The van der Waals surface area contributed by atoms with Crippen LogP contribution in [0, 0.1) is 0 Å². The molecule has 3 N–H and O–H groups in total. The third-order valence-corrected chi connectivity index (χ3v) is 3.24. The van der Waals surface area contributed by atoms with E-state index in [1.54, 1.807) is 6.20 Å². The molecule has 0 aliphatic rings. The Bertz CT molecular complexity index is 698. The van der Waals surface area contributed by atoms with Crippen molar-refractivity contribution in [2.75, 3.05) is 5.73 Å². The summed E-state index contributed by atoms with van der Waals surface area (Å²) in [7, 11) is 0. The second-order valence-corrected chi connectivity index (χ2v) is 4.90. The molecule has 3 aromatic rings. The molecule has 102 valence electrons. The zero-order valence-electron chi connectivity index (χ0n) is 11.3. The molecule has 3 rings (SSSR count). The minimum atomic E-state index is 0.278. The van der Waals surface area contributed by atoms with Crippen LogP contribution >= 0.6 is 0 Å². The smallest absolute Gasteiger partial charge is 0.230 e. The van der Waals surface area contributed by atoms with Crippen molar-refractivity contribution in [2.24, 2.45) is 0 Å². The van der Waals surface area contributed by atoms with Gasteiger partial charge < -0.3 is 10.3 Å². The third kappa shape index (κ3) is 2.05. The van der Waals surface area contributed by atoms with Crippen LogP contribution in [0.25, 0.3) is 22.5 Å². The van der Waals surface area contributed by atoms with Gasteiger partial charge in [-0.05, 0) is 17.0 Å². The number of rotatable bonds is 3. The summed E-state index contributed by atoms with van der Waals surface area (Å²) in [4.78, 5) is 0. The van der Waals surface area contributed by atoms with Gasteiger partial charge in [-0.2, -0.15) is 15.4 Å². The van der Waals surface area contributed by atoms with E-state index in [-0.39, 0.29) is 5.88 Å². The number of nitrogens with two attached hydrogens (primary N) is 1. The van der Waals surface area contributed by atoms with Gasteiger partial charge in [0.15, 0.2) is 0 Å². The quantitative estimate of drug-likeness (QED) is 0.762. The Morgan fingerprint density at radius 2 is 1.95 bits per heavy atom. The number of aromatic amines is 1. The lowest BCUT2D eigenvalue weighted by Crippen LogP contribution is -1.90. The van der Waals surface area contributed by atoms with E-state index in [2.05, 4.69) is 46.5 Å². The van der Waals surface area contributed by atoms with Crippen molar-refractivity contribution in [1.82, 2.24) is 20.6 Å². The predicted molar refractivity (Wildman–Crippen MR) is 75.8 cm³/mol. The molecular formula is C14H15N5O. The van der Waals surface area contributed by atoms with Crippen molar-refractivity contribution in [3.05, 3.63) is 36.0 Å². The van der Waals surface area contributed by atoms with E-state index < -0.39 is 0 Å². The zero-order chi connectivity index (χ0) is 14.1. The van der Waals surface area contributed by atoms with Crippen molar-refractivity contribution >= 4 is 5.88 Å². The highest BCUT2D eigenvalue weighted by Crippen LogP contribution is 2.35. The molecule has 6 nitrogen and oxygen atoms in total. The van der Waals surface area contributed by atoms with Gasteiger partial charge in [-0.1, -0.05) is 43.3 Å². The highest BCUT2D eigenvalue weighted by molar-refractivity contribution is 5.85. The monoisotopic (exact) mass is 269 g/mol. The third-order valence-electron chi connectivity index (χ3n) is 3.24. The number of benzene rings is 1. The Labute approximate surface area is 116 Å². The van der Waals surface area contributed by atoms with Crippen molar-refractivity contribution in [1.29, 1.82) is 0 Å². The number of H-pyrrole nitrogens is 1. The molecule has 0 amide bonds. The molecule has 6 heteroatoms. The van der Waals surface area contributed by atoms with Gasteiger partial charge in [-0.3, -0.25) is 0 Å². The lowest BCUT2D eigenvalue weighted by Gasteiger charge is -2.06. The summed E-state index contributed by atoms with van der Waals surface area (Å²) in [6.07, 6.45) is 1.59. The van der Waals surface area contributed by atoms with Gasteiger partial charge in [0, 0.05) is 0 Å². The normalized spacial score (nSPS) is 11.2. The second kappa shape index (κ2) is 4.80. The van der Waals surface area contributed by atoms with Crippen molar-refractivity contribution < 1.29 is 4.52 Å². The molecule has 0 fully saturated rings. The van der Waals surface area contributed by atoms with Crippen LogP contribution in [0.3, 0.4) is 0 Å². The molecule has 20 heavy (non-hydrogen) atoms. The largest absolute Gasteiger partial charge is 0.367 e. The van der Waals surface area contributed by atoms with Gasteiger partial charge in [0.2, 0.25) is 5.88 Å². The molecule has 0 spiro atoms. The van der Waals surface area contributed by atoms with Gasteiger partial charge in [-0.15, -0.1) is 0 Å². The topological polar surface area (TPSA) is 93.6 Å². The lowest BCUT2D eigenvalue weighted by molar-refractivity contribution is 0.439. The molecule has 0 unspecified atom stereocenters. The molecule has 2 heterocycles. The number of anilines is 1. The summed E-state index contributed by atoms with van der Waals surface area (Å²) in [6, 6.07) is 8.20. The van der Waals surface area contributed by atoms with Crippen molar-refractivity contribution in [3.8, 4) is 22.5 Å². The SMILES string of the molecule is CC(C)c1ccc(-c2c(-c3cn[nH]n3)noc2N)cc1. The van der Waals surface area contributed by atoms with Crippen LogP contribution in [0.15, 0.2) is 35.0 Å². The standard InChI is InChI=1S/C14H15N5O/c1-8(2)9-3-5-10(6-4-9)12-13(18-20-14(12)15)11-7-16-19-17-11/h3-8H,15H2,1-2H3,(H,16,17,19). The van der Waals surface area contributed by atoms with Crippen LogP contribution in [-0.2, 0) is 0 Å². The number of nitrogen functional groups attached to an aromatic ring is 1. The average molecular weight is 269 g/mol. The van der Waals surface area contributed by atoms with Crippen LogP contribution in [0.2, 0.25) is 0 Å². The number of aromatic nitrogens is 4. The van der Waals surface area contributed by atoms with E-state index in [9.17, 15) is 0 Å². The van der Waals surface area contributed by atoms with Crippen molar-refractivity contribution in [3.63, 3.8) is 0 Å². The molecule has 0 bridgehead atoms. The Morgan fingerprint density at radius 1 is 1.20 bits per heavy atom. The molecule has 0 aliphatic carbocycles. The number of nitrogens with zero attached hydrogens (tertiary/aromatic N) is 3. The first kappa shape index (κ1) is 12.4. The molecule has 1 aromatic carbocycles. The predicted octanol–water partition coefficient (Wildman–Crippen LogP) is 2.83. The first-order valence-electron chi connectivity index (χ1n) is 6.38. The van der Waals surface area contributed by atoms with E-state index in [1.807, 2.05) is 12.1 Å². The van der Waals surface area contributed by atoms with Crippen LogP contribution < -0.4 is 5.73 Å². The summed E-state index contributed by atoms with van der Waals surface area (Å²) in [5.74, 6) is 0.763. The van der Waals surface area contributed by atoms with Gasteiger partial charge in [-0.25, -0.2) is 0 Å². The van der Waals surface area contributed by atoms with Gasteiger partial charge in [0.1, 0.15) is 11.4 Å². The van der Waals surface area contributed by atoms with E-state index in [4.69, 9.17) is 10.3 Å². The van der Waals surface area contributed by atoms with Gasteiger partial charge in [0.05, 0.1) is 11.8 Å². The maximum atomic E-state index is 5.89. The Hall–Kier alpha value is -2.63. The summed E-state index contributed by atoms with van der Waals surface area (Å²) in [5, 5.41) is 14.3. The number of nitrogens with one attached hydrogen (secondary N) is 1. The highest BCUT2D eigenvalue weighted by atomic mass is 16.5. The highest BCUT2D eigenvalue weighted by Gasteiger charge is 2.19. The summed E-state index contributed by atoms with van der Waals surface area (Å²) < 4.78 is 5.10. The average Bonchev–Trinajstić information content (AvgIpc) is 3.07. The molecule has 2 aromatic heterocycles. The van der Waals surface area contributed by atoms with Gasteiger partial charge >= 0.3 is 0 Å². The fourth-order valence-corrected chi connectivity index (χ4v) is 2.11. The van der Waals surface area contributed by atoms with Crippen molar-refractivity contribution in [2.45, 2.75) is 19.8 Å². The fourth-order valence-electron chi connectivity index (χ4n) is 2.11. The summed E-state index contributed by atoms with van der Waals surface area (Å²) in [5.41, 5.74) is 10.1. The molecule has 0 radical (unpaired) electrons. The molecule has 0 saturated heterocycles. The maximum absolute atomic E-state index is 5.89. The zero-order valence-corrected chi connectivity index (χ0v) is 11.3. The second-order valence-electron chi connectivity index (χ2n) is 4.90. The van der Waals surface area contributed by atoms with E-state index in [0.29, 0.717) is 17.3 Å². The first-order chi connectivity index (χ1) is 9.66. The van der Waals surface area contributed by atoms with Crippen LogP contribution in [-0.4, -0.2) is 20.6 Å². The summed E-state index contributed by atoms with van der Waals surface area (Å²) in [6.45, 7) is 4.31. The molecule has 0 saturated carbocycles.